The summed E-state index contributed by atoms with van der Waals surface area (Å²) in [6.07, 6.45) is 9.09. The fourth-order valence-electron chi connectivity index (χ4n) is 3.50. The molecule has 2 N–H and O–H groups in total. The van der Waals surface area contributed by atoms with Crippen LogP contribution in [0, 0.1) is 0 Å². The van der Waals surface area contributed by atoms with E-state index in [9.17, 15) is 4.79 Å². The molecule has 1 atom stereocenters. The normalized spacial score (nSPS) is 23.0. The molecule has 0 unspecified atom stereocenters. The Morgan fingerprint density at radius 2 is 2.33 bits per heavy atom. The van der Waals surface area contributed by atoms with Gasteiger partial charge in [0.05, 0.1) is 11.6 Å². The molecular formula is C15H24N4O2. The molecule has 1 aliphatic heterocycles. The largest absolute Gasteiger partial charge is 0.373 e. The Balaban J connectivity index is 1.51. The first-order valence-corrected chi connectivity index (χ1v) is 7.92. The Bertz CT molecular complexity index is 494. The molecule has 2 heterocycles. The van der Waals surface area contributed by atoms with Crippen LogP contribution in [0.5, 0.6) is 0 Å². The number of amides is 2. The van der Waals surface area contributed by atoms with Gasteiger partial charge < -0.3 is 19.9 Å². The molecule has 6 nitrogen and oxygen atoms in total. The Morgan fingerprint density at radius 1 is 1.52 bits per heavy atom. The minimum absolute atomic E-state index is 0.0200. The van der Waals surface area contributed by atoms with E-state index in [4.69, 9.17) is 4.74 Å². The van der Waals surface area contributed by atoms with Crippen LogP contribution in [0.15, 0.2) is 12.4 Å². The molecule has 1 aliphatic carbocycles. The number of carbonyl (C=O) groups excluding carboxylic acids is 1. The summed E-state index contributed by atoms with van der Waals surface area (Å²) in [5.41, 5.74) is -0.153. The van der Waals surface area contributed by atoms with Crippen LogP contribution in [0.25, 0.3) is 0 Å². The lowest BCUT2D eigenvalue weighted by molar-refractivity contribution is -0.0307. The fraction of sp³-hybridized carbons (Fsp3) is 0.733. The number of fused-ring (bicyclic) bond motifs is 1. The molecule has 2 aliphatic rings. The average molecular weight is 292 g/mol. The van der Waals surface area contributed by atoms with Gasteiger partial charge in [-0.05, 0) is 26.2 Å². The zero-order valence-electron chi connectivity index (χ0n) is 12.6. The molecule has 1 aromatic heterocycles. The van der Waals surface area contributed by atoms with Gasteiger partial charge in [-0.2, -0.15) is 0 Å². The molecule has 1 saturated carbocycles. The number of nitrogens with one attached hydrogen (secondary N) is 2. The van der Waals surface area contributed by atoms with Gasteiger partial charge in [-0.1, -0.05) is 12.8 Å². The number of nitrogens with zero attached hydrogens (tertiary/aromatic N) is 2. The highest BCUT2D eigenvalue weighted by Crippen LogP contribution is 2.32. The van der Waals surface area contributed by atoms with E-state index in [0.29, 0.717) is 13.2 Å². The first-order chi connectivity index (χ1) is 10.2. The Kier molecular flexibility index (Phi) is 4.14. The van der Waals surface area contributed by atoms with Crippen molar-refractivity contribution in [1.82, 2.24) is 20.2 Å². The summed E-state index contributed by atoms with van der Waals surface area (Å²) in [6, 6.07) is -0.103. The first kappa shape index (κ1) is 14.4. The van der Waals surface area contributed by atoms with Crippen molar-refractivity contribution in [2.45, 2.75) is 57.2 Å². The maximum absolute atomic E-state index is 12.1. The van der Waals surface area contributed by atoms with Crippen molar-refractivity contribution in [2.24, 2.45) is 0 Å². The number of rotatable bonds is 5. The highest BCUT2D eigenvalue weighted by atomic mass is 16.5. The molecule has 0 spiro atoms. The Morgan fingerprint density at radius 3 is 3.10 bits per heavy atom. The van der Waals surface area contributed by atoms with E-state index in [2.05, 4.69) is 20.2 Å². The Labute approximate surface area is 125 Å². The molecule has 0 bridgehead atoms. The van der Waals surface area contributed by atoms with Gasteiger partial charge in [-0.15, -0.1) is 0 Å². The van der Waals surface area contributed by atoms with Crippen LogP contribution in [0.1, 0.15) is 50.9 Å². The molecule has 0 aromatic carbocycles. The minimum Gasteiger partial charge on any atom is -0.373 e. The summed E-state index contributed by atoms with van der Waals surface area (Å²) in [7, 11) is 0. The van der Waals surface area contributed by atoms with E-state index in [1.54, 1.807) is 6.20 Å². The second kappa shape index (κ2) is 6.05. The van der Waals surface area contributed by atoms with Crippen molar-refractivity contribution < 1.29 is 9.53 Å². The second-order valence-corrected chi connectivity index (χ2v) is 5.97. The summed E-state index contributed by atoms with van der Waals surface area (Å²) < 4.78 is 7.98. The van der Waals surface area contributed by atoms with Crippen molar-refractivity contribution in [3.05, 3.63) is 18.2 Å². The molecule has 116 valence electrons. The number of aromatic nitrogens is 2. The summed E-state index contributed by atoms with van der Waals surface area (Å²) in [4.78, 5) is 16.4. The second-order valence-electron chi connectivity index (χ2n) is 5.97. The van der Waals surface area contributed by atoms with Gasteiger partial charge in [0, 0.05) is 32.1 Å². The van der Waals surface area contributed by atoms with E-state index in [1.807, 2.05) is 13.1 Å². The van der Waals surface area contributed by atoms with Crippen molar-refractivity contribution in [3.63, 3.8) is 0 Å². The maximum atomic E-state index is 12.1. The van der Waals surface area contributed by atoms with Crippen LogP contribution in [0.3, 0.4) is 0 Å². The molecule has 0 radical (unpaired) electrons. The number of hydrogen-bond acceptors (Lipinski definition) is 3. The predicted octanol–water partition coefficient (Wildman–Crippen LogP) is 1.98. The molecule has 6 heteroatoms. The number of aryl methyl sites for hydroxylation is 1. The summed E-state index contributed by atoms with van der Waals surface area (Å²) in [5, 5.41) is 6.00. The van der Waals surface area contributed by atoms with E-state index < -0.39 is 0 Å². The third-order valence-electron chi connectivity index (χ3n) is 4.56. The van der Waals surface area contributed by atoms with Crippen LogP contribution >= 0.6 is 0 Å². The average Bonchev–Trinajstić information content (AvgIpc) is 3.16. The maximum Gasteiger partial charge on any atom is 0.315 e. The minimum atomic E-state index is -0.153. The molecular weight excluding hydrogens is 268 g/mol. The van der Waals surface area contributed by atoms with Crippen LogP contribution in [0.2, 0.25) is 0 Å². The van der Waals surface area contributed by atoms with Gasteiger partial charge in [-0.3, -0.25) is 0 Å². The topological polar surface area (TPSA) is 68.2 Å². The fourth-order valence-corrected chi connectivity index (χ4v) is 3.50. The molecule has 0 saturated heterocycles. The van der Waals surface area contributed by atoms with Gasteiger partial charge in [0.2, 0.25) is 0 Å². The highest BCUT2D eigenvalue weighted by Gasteiger charge is 2.35. The standard InChI is InChI=1S/C15H24N4O2/c1-2-21-15(6-3-4-7-15)11-17-14(20)18-12-5-9-19-10-8-16-13(12)19/h8,10,12H,2-7,9,11H2,1H3,(H2,17,18,20)/t12-/m0/s1. The van der Waals surface area contributed by atoms with Crippen molar-refractivity contribution >= 4 is 6.03 Å². The van der Waals surface area contributed by atoms with Gasteiger partial charge in [0.25, 0.3) is 0 Å². The zero-order chi connectivity index (χ0) is 14.7. The molecule has 2 amide bonds. The highest BCUT2D eigenvalue weighted by molar-refractivity contribution is 5.74. The van der Waals surface area contributed by atoms with Crippen LogP contribution in [-0.2, 0) is 11.3 Å². The first-order valence-electron chi connectivity index (χ1n) is 7.92. The number of imidazole rings is 1. The monoisotopic (exact) mass is 292 g/mol. The smallest absolute Gasteiger partial charge is 0.315 e. The van der Waals surface area contributed by atoms with E-state index in [1.165, 1.54) is 12.8 Å². The number of urea groups is 1. The molecule has 1 aromatic rings. The van der Waals surface area contributed by atoms with Crippen LogP contribution in [-0.4, -0.2) is 34.3 Å². The SMILES string of the molecule is CCOC1(CNC(=O)N[C@H]2CCn3ccnc32)CCCC1. The number of carbonyl (C=O) groups is 1. The van der Waals surface area contributed by atoms with E-state index in [-0.39, 0.29) is 17.7 Å². The molecule has 1 fully saturated rings. The van der Waals surface area contributed by atoms with Crippen LogP contribution < -0.4 is 10.6 Å². The lowest BCUT2D eigenvalue weighted by Gasteiger charge is -2.29. The third-order valence-corrected chi connectivity index (χ3v) is 4.56. The van der Waals surface area contributed by atoms with Gasteiger partial charge in [-0.25, -0.2) is 9.78 Å². The zero-order valence-corrected chi connectivity index (χ0v) is 12.6. The quantitative estimate of drug-likeness (QED) is 0.872. The van der Waals surface area contributed by atoms with Crippen molar-refractivity contribution in [3.8, 4) is 0 Å². The van der Waals surface area contributed by atoms with E-state index in [0.717, 1.165) is 31.6 Å². The summed E-state index contributed by atoms with van der Waals surface area (Å²) in [5.74, 6) is 0.950. The number of hydrogen-bond donors (Lipinski definition) is 2. The molecule has 21 heavy (non-hydrogen) atoms. The van der Waals surface area contributed by atoms with Crippen molar-refractivity contribution in [1.29, 1.82) is 0 Å². The lowest BCUT2D eigenvalue weighted by Crippen LogP contribution is -2.47. The number of ether oxygens (including phenoxy) is 1. The summed E-state index contributed by atoms with van der Waals surface area (Å²) in [6.45, 7) is 4.22. The Hall–Kier alpha value is -1.56. The van der Waals surface area contributed by atoms with Gasteiger partial charge in [0.1, 0.15) is 5.82 Å². The third kappa shape index (κ3) is 3.05. The molecule has 3 rings (SSSR count). The van der Waals surface area contributed by atoms with Crippen LogP contribution in [0.4, 0.5) is 4.79 Å². The lowest BCUT2D eigenvalue weighted by atomic mass is 10.0. The predicted molar refractivity (Wildman–Crippen MR) is 78.9 cm³/mol. The van der Waals surface area contributed by atoms with E-state index >= 15 is 0 Å². The van der Waals surface area contributed by atoms with Crippen molar-refractivity contribution in [2.75, 3.05) is 13.2 Å². The summed E-state index contributed by atoms with van der Waals surface area (Å²) >= 11 is 0. The van der Waals surface area contributed by atoms with Gasteiger partial charge >= 0.3 is 6.03 Å². The van der Waals surface area contributed by atoms with Gasteiger partial charge in [0.15, 0.2) is 0 Å².